The summed E-state index contributed by atoms with van der Waals surface area (Å²) in [6, 6.07) is 9.24. The van der Waals surface area contributed by atoms with E-state index in [0.29, 0.717) is 6.54 Å². The third-order valence-corrected chi connectivity index (χ3v) is 2.04. The van der Waals surface area contributed by atoms with Crippen molar-refractivity contribution in [3.05, 3.63) is 42.5 Å². The lowest BCUT2D eigenvalue weighted by atomic mass is 10.2. The topological polar surface area (TPSA) is 63.4 Å². The molecule has 0 aliphatic heterocycles. The van der Waals surface area contributed by atoms with Crippen LogP contribution in [0.15, 0.2) is 42.5 Å². The molecule has 0 saturated carbocycles. The number of benzene rings is 1. The zero-order valence-corrected chi connectivity index (χ0v) is 9.09. The van der Waals surface area contributed by atoms with E-state index in [-0.39, 0.29) is 5.91 Å². The Morgan fingerprint density at radius 1 is 1.25 bits per heavy atom. The van der Waals surface area contributed by atoms with Crippen LogP contribution in [0.3, 0.4) is 0 Å². The molecule has 0 radical (unpaired) electrons. The molecule has 1 aromatic rings. The lowest BCUT2D eigenvalue weighted by molar-refractivity contribution is -0.116. The quantitative estimate of drug-likeness (QED) is 0.768. The van der Waals surface area contributed by atoms with Gasteiger partial charge in [-0.3, -0.25) is 9.59 Å². The lowest BCUT2D eigenvalue weighted by Gasteiger charge is -2.18. The minimum Gasteiger partial charge on any atom is -0.366 e. The highest BCUT2D eigenvalue weighted by Gasteiger charge is 2.09. The predicted molar refractivity (Wildman–Crippen MR) is 62.8 cm³/mol. The Kier molecular flexibility index (Phi) is 4.27. The van der Waals surface area contributed by atoms with Gasteiger partial charge in [-0.25, -0.2) is 0 Å². The molecule has 84 valence electrons. The molecule has 0 aliphatic rings. The van der Waals surface area contributed by atoms with Crippen molar-refractivity contribution in [2.24, 2.45) is 5.73 Å². The van der Waals surface area contributed by atoms with Gasteiger partial charge in [0.25, 0.3) is 5.91 Å². The SMILES string of the molecule is CCN(C(=O)/C=C/C(N)=O)c1ccccc1. The standard InChI is InChI=1S/C12H14N2O2/c1-2-14(10-6-4-3-5-7-10)12(16)9-8-11(13)15/h3-9H,2H2,1H3,(H2,13,15)/b9-8+. The van der Waals surface area contributed by atoms with Gasteiger partial charge in [0.05, 0.1) is 0 Å². The Labute approximate surface area is 94.4 Å². The van der Waals surface area contributed by atoms with Gasteiger partial charge < -0.3 is 10.6 Å². The average Bonchev–Trinajstić information content (AvgIpc) is 2.29. The number of primary amides is 1. The fourth-order valence-corrected chi connectivity index (χ4v) is 1.32. The first kappa shape index (κ1) is 12.0. The predicted octanol–water partition coefficient (Wildman–Crippen LogP) is 1.08. The first-order chi connectivity index (χ1) is 7.65. The van der Waals surface area contributed by atoms with E-state index in [9.17, 15) is 9.59 Å². The molecule has 0 atom stereocenters. The van der Waals surface area contributed by atoms with Gasteiger partial charge in [-0.05, 0) is 19.1 Å². The van der Waals surface area contributed by atoms with E-state index >= 15 is 0 Å². The molecule has 0 aromatic heterocycles. The Hall–Kier alpha value is -2.10. The summed E-state index contributed by atoms with van der Waals surface area (Å²) in [6.07, 6.45) is 2.24. The van der Waals surface area contributed by atoms with Gasteiger partial charge >= 0.3 is 0 Å². The third-order valence-electron chi connectivity index (χ3n) is 2.04. The van der Waals surface area contributed by atoms with Crippen molar-refractivity contribution in [1.82, 2.24) is 0 Å². The first-order valence-electron chi connectivity index (χ1n) is 4.99. The Bertz CT molecular complexity index is 399. The third kappa shape index (κ3) is 3.24. The second kappa shape index (κ2) is 5.70. The maximum atomic E-state index is 11.7. The van der Waals surface area contributed by atoms with Crippen LogP contribution in [0.1, 0.15) is 6.92 Å². The van der Waals surface area contributed by atoms with Crippen LogP contribution in [0.5, 0.6) is 0 Å². The second-order valence-electron chi connectivity index (χ2n) is 3.15. The van der Waals surface area contributed by atoms with Gasteiger partial charge in [0.15, 0.2) is 0 Å². The fourth-order valence-electron chi connectivity index (χ4n) is 1.32. The van der Waals surface area contributed by atoms with Gasteiger partial charge in [0.1, 0.15) is 0 Å². The molecule has 0 spiro atoms. The summed E-state index contributed by atoms with van der Waals surface area (Å²) >= 11 is 0. The number of anilines is 1. The van der Waals surface area contributed by atoms with Gasteiger partial charge in [0, 0.05) is 24.4 Å². The summed E-state index contributed by atoms with van der Waals surface area (Å²) in [5.41, 5.74) is 5.72. The molecule has 0 saturated heterocycles. The molecule has 2 N–H and O–H groups in total. The number of nitrogens with two attached hydrogens (primary N) is 1. The minimum absolute atomic E-state index is 0.257. The molecule has 0 bridgehead atoms. The van der Waals surface area contributed by atoms with Crippen LogP contribution in [-0.4, -0.2) is 18.4 Å². The number of amides is 2. The molecule has 2 amide bonds. The zero-order valence-electron chi connectivity index (χ0n) is 9.09. The number of nitrogens with zero attached hydrogens (tertiary/aromatic N) is 1. The molecule has 16 heavy (non-hydrogen) atoms. The monoisotopic (exact) mass is 218 g/mol. The van der Waals surface area contributed by atoms with Crippen LogP contribution in [0, 0.1) is 0 Å². The molecule has 0 fully saturated rings. The Morgan fingerprint density at radius 2 is 1.88 bits per heavy atom. The molecule has 1 rings (SSSR count). The van der Waals surface area contributed by atoms with E-state index < -0.39 is 5.91 Å². The van der Waals surface area contributed by atoms with Crippen LogP contribution in [0.2, 0.25) is 0 Å². The lowest BCUT2D eigenvalue weighted by Crippen LogP contribution is -2.29. The van der Waals surface area contributed by atoms with E-state index in [1.807, 2.05) is 37.3 Å². The van der Waals surface area contributed by atoms with Crippen molar-refractivity contribution in [2.45, 2.75) is 6.92 Å². The molecule has 4 nitrogen and oxygen atoms in total. The molecular weight excluding hydrogens is 204 g/mol. The van der Waals surface area contributed by atoms with Crippen LogP contribution in [0.4, 0.5) is 5.69 Å². The molecule has 0 aliphatic carbocycles. The van der Waals surface area contributed by atoms with Crippen molar-refractivity contribution in [1.29, 1.82) is 0 Å². The van der Waals surface area contributed by atoms with Gasteiger partial charge in [-0.1, -0.05) is 18.2 Å². The molecule has 4 heteroatoms. The first-order valence-corrected chi connectivity index (χ1v) is 4.99. The van der Waals surface area contributed by atoms with Crippen LogP contribution >= 0.6 is 0 Å². The minimum atomic E-state index is -0.627. The summed E-state index contributed by atoms with van der Waals surface area (Å²) in [4.78, 5) is 23.8. The van der Waals surface area contributed by atoms with Crippen LogP contribution in [-0.2, 0) is 9.59 Å². The molecule has 0 unspecified atom stereocenters. The normalized spacial score (nSPS) is 10.3. The highest BCUT2D eigenvalue weighted by atomic mass is 16.2. The maximum absolute atomic E-state index is 11.7. The van der Waals surface area contributed by atoms with Crippen LogP contribution in [0.25, 0.3) is 0 Å². The van der Waals surface area contributed by atoms with E-state index in [1.165, 1.54) is 6.08 Å². The number of para-hydroxylation sites is 1. The smallest absolute Gasteiger partial charge is 0.251 e. The molecule has 1 aromatic carbocycles. The summed E-state index contributed by atoms with van der Waals surface area (Å²) in [7, 11) is 0. The summed E-state index contributed by atoms with van der Waals surface area (Å²) in [5, 5.41) is 0. The summed E-state index contributed by atoms with van der Waals surface area (Å²) in [6.45, 7) is 2.40. The van der Waals surface area contributed by atoms with Gasteiger partial charge in [0.2, 0.25) is 5.91 Å². The van der Waals surface area contributed by atoms with Crippen molar-refractivity contribution >= 4 is 17.5 Å². The van der Waals surface area contributed by atoms with Crippen molar-refractivity contribution in [3.63, 3.8) is 0 Å². The van der Waals surface area contributed by atoms with Crippen molar-refractivity contribution in [3.8, 4) is 0 Å². The summed E-state index contributed by atoms with van der Waals surface area (Å²) < 4.78 is 0. The largest absolute Gasteiger partial charge is 0.366 e. The van der Waals surface area contributed by atoms with E-state index in [0.717, 1.165) is 11.8 Å². The number of rotatable bonds is 4. The average molecular weight is 218 g/mol. The van der Waals surface area contributed by atoms with Crippen molar-refractivity contribution in [2.75, 3.05) is 11.4 Å². The van der Waals surface area contributed by atoms with Gasteiger partial charge in [-0.15, -0.1) is 0 Å². The van der Waals surface area contributed by atoms with Crippen molar-refractivity contribution < 1.29 is 9.59 Å². The van der Waals surface area contributed by atoms with E-state index in [2.05, 4.69) is 0 Å². The molecule has 0 heterocycles. The Balaban J connectivity index is 2.83. The zero-order chi connectivity index (χ0) is 12.0. The maximum Gasteiger partial charge on any atom is 0.251 e. The summed E-state index contributed by atoms with van der Waals surface area (Å²) in [5.74, 6) is -0.884. The number of carbonyl (C=O) groups excluding carboxylic acids is 2. The Morgan fingerprint density at radius 3 is 2.38 bits per heavy atom. The number of hydrogen-bond acceptors (Lipinski definition) is 2. The molecular formula is C12H14N2O2. The van der Waals surface area contributed by atoms with Crippen LogP contribution < -0.4 is 10.6 Å². The van der Waals surface area contributed by atoms with E-state index in [4.69, 9.17) is 5.73 Å². The number of likely N-dealkylation sites (N-methyl/N-ethyl adjacent to an activating group) is 1. The highest BCUT2D eigenvalue weighted by molar-refractivity contribution is 6.04. The second-order valence-corrected chi connectivity index (χ2v) is 3.15. The van der Waals surface area contributed by atoms with E-state index in [1.54, 1.807) is 4.90 Å². The highest BCUT2D eigenvalue weighted by Crippen LogP contribution is 2.13. The van der Waals surface area contributed by atoms with Gasteiger partial charge in [-0.2, -0.15) is 0 Å². The number of carbonyl (C=O) groups is 2. The fraction of sp³-hybridized carbons (Fsp3) is 0.167. The number of hydrogen-bond donors (Lipinski definition) is 1.